The maximum absolute atomic E-state index is 12.2. The summed E-state index contributed by atoms with van der Waals surface area (Å²) in [6, 6.07) is 15.9. The van der Waals surface area contributed by atoms with Crippen LogP contribution >= 0.6 is 0 Å². The molecule has 6 heteroatoms. The van der Waals surface area contributed by atoms with Gasteiger partial charge in [0.05, 0.1) is 5.69 Å². The zero-order chi connectivity index (χ0) is 18.6. The van der Waals surface area contributed by atoms with E-state index in [0.717, 1.165) is 24.1 Å². The molecule has 0 saturated carbocycles. The van der Waals surface area contributed by atoms with Crippen molar-refractivity contribution in [1.29, 1.82) is 0 Å². The van der Waals surface area contributed by atoms with Crippen molar-refractivity contribution in [1.82, 2.24) is 10.1 Å². The number of aryl methyl sites for hydroxylation is 2. The van der Waals surface area contributed by atoms with Crippen LogP contribution in [0.5, 0.6) is 5.75 Å². The van der Waals surface area contributed by atoms with Crippen molar-refractivity contribution in [2.24, 2.45) is 0 Å². The van der Waals surface area contributed by atoms with Gasteiger partial charge in [-0.25, -0.2) is 0 Å². The number of benzene rings is 2. The standard InChI is InChI=1S/C21H21N3O3/c1-2-12-24-17-13-16(9-10-18(17)26-14-20(24)25)21-22-19(27-23-21)11-8-15-6-4-3-5-7-15/h3-7,9-10,13H,2,8,11-12,14H2,1H3. The van der Waals surface area contributed by atoms with Crippen LogP contribution in [0.1, 0.15) is 24.8 Å². The van der Waals surface area contributed by atoms with Gasteiger partial charge in [-0.3, -0.25) is 4.79 Å². The number of anilines is 1. The van der Waals surface area contributed by atoms with Gasteiger partial charge in [0.1, 0.15) is 5.75 Å². The van der Waals surface area contributed by atoms with Crippen molar-refractivity contribution < 1.29 is 14.1 Å². The highest BCUT2D eigenvalue weighted by molar-refractivity contribution is 5.98. The van der Waals surface area contributed by atoms with Gasteiger partial charge in [-0.1, -0.05) is 42.4 Å². The van der Waals surface area contributed by atoms with Gasteiger partial charge in [0.25, 0.3) is 5.91 Å². The first kappa shape index (κ1) is 17.3. The van der Waals surface area contributed by atoms with Gasteiger partial charge < -0.3 is 14.2 Å². The number of amides is 1. The lowest BCUT2D eigenvalue weighted by molar-refractivity contribution is -0.121. The predicted octanol–water partition coefficient (Wildman–Crippen LogP) is 3.66. The molecule has 0 aliphatic carbocycles. The van der Waals surface area contributed by atoms with Crippen molar-refractivity contribution in [3.05, 3.63) is 60.0 Å². The third kappa shape index (κ3) is 3.69. The van der Waals surface area contributed by atoms with E-state index < -0.39 is 0 Å². The number of hydrogen-bond donors (Lipinski definition) is 0. The van der Waals surface area contributed by atoms with E-state index in [2.05, 4.69) is 22.3 Å². The number of fused-ring (bicyclic) bond motifs is 1. The van der Waals surface area contributed by atoms with E-state index in [-0.39, 0.29) is 12.5 Å². The van der Waals surface area contributed by atoms with E-state index in [9.17, 15) is 4.79 Å². The summed E-state index contributed by atoms with van der Waals surface area (Å²) in [5.41, 5.74) is 2.81. The molecule has 2 heterocycles. The van der Waals surface area contributed by atoms with Gasteiger partial charge in [0, 0.05) is 18.5 Å². The molecule has 0 saturated heterocycles. The van der Waals surface area contributed by atoms with Gasteiger partial charge in [-0.05, 0) is 36.6 Å². The van der Waals surface area contributed by atoms with Crippen LogP contribution < -0.4 is 9.64 Å². The fourth-order valence-electron chi connectivity index (χ4n) is 3.18. The maximum atomic E-state index is 12.2. The molecule has 0 spiro atoms. The predicted molar refractivity (Wildman–Crippen MR) is 102 cm³/mol. The minimum absolute atomic E-state index is 0.0295. The Morgan fingerprint density at radius 2 is 1.96 bits per heavy atom. The molecule has 0 unspecified atom stereocenters. The summed E-state index contributed by atoms with van der Waals surface area (Å²) in [4.78, 5) is 18.4. The lowest BCUT2D eigenvalue weighted by Gasteiger charge is -2.29. The maximum Gasteiger partial charge on any atom is 0.265 e. The molecule has 1 aromatic heterocycles. The number of rotatable bonds is 6. The Morgan fingerprint density at radius 1 is 1.11 bits per heavy atom. The topological polar surface area (TPSA) is 68.5 Å². The second-order valence-electron chi connectivity index (χ2n) is 6.51. The molecule has 1 amide bonds. The molecular weight excluding hydrogens is 342 g/mol. The van der Waals surface area contributed by atoms with E-state index >= 15 is 0 Å². The Morgan fingerprint density at radius 3 is 2.78 bits per heavy atom. The molecule has 2 aromatic carbocycles. The molecule has 0 radical (unpaired) electrons. The summed E-state index contributed by atoms with van der Waals surface area (Å²) >= 11 is 0. The Hall–Kier alpha value is -3.15. The highest BCUT2D eigenvalue weighted by Crippen LogP contribution is 2.35. The number of carbonyl (C=O) groups excluding carboxylic acids is 1. The average Bonchev–Trinajstić information content (AvgIpc) is 3.18. The summed E-state index contributed by atoms with van der Waals surface area (Å²) < 4.78 is 10.9. The molecule has 3 aromatic rings. The monoisotopic (exact) mass is 363 g/mol. The van der Waals surface area contributed by atoms with Crippen LogP contribution in [-0.4, -0.2) is 29.2 Å². The molecule has 0 bridgehead atoms. The van der Waals surface area contributed by atoms with E-state index in [1.807, 2.05) is 43.3 Å². The van der Waals surface area contributed by atoms with Crippen molar-refractivity contribution >= 4 is 11.6 Å². The van der Waals surface area contributed by atoms with E-state index in [4.69, 9.17) is 9.26 Å². The molecule has 1 aliphatic heterocycles. The van der Waals surface area contributed by atoms with Crippen molar-refractivity contribution in [2.45, 2.75) is 26.2 Å². The summed E-state index contributed by atoms with van der Waals surface area (Å²) in [5, 5.41) is 4.11. The minimum Gasteiger partial charge on any atom is -0.482 e. The van der Waals surface area contributed by atoms with Crippen LogP contribution in [0.2, 0.25) is 0 Å². The minimum atomic E-state index is -0.0295. The van der Waals surface area contributed by atoms with Gasteiger partial charge >= 0.3 is 0 Å². The highest BCUT2D eigenvalue weighted by atomic mass is 16.5. The Bertz CT molecular complexity index is 937. The summed E-state index contributed by atoms with van der Waals surface area (Å²) in [6.07, 6.45) is 2.41. The zero-order valence-corrected chi connectivity index (χ0v) is 15.2. The Kier molecular flexibility index (Phi) is 4.87. The SMILES string of the molecule is CCCN1C(=O)COc2ccc(-c3noc(CCc4ccccc4)n3)cc21. The summed E-state index contributed by atoms with van der Waals surface area (Å²) in [6.45, 7) is 2.79. The fraction of sp³-hybridized carbons (Fsp3) is 0.286. The summed E-state index contributed by atoms with van der Waals surface area (Å²) in [5.74, 6) is 1.80. The summed E-state index contributed by atoms with van der Waals surface area (Å²) in [7, 11) is 0. The first-order valence-electron chi connectivity index (χ1n) is 9.18. The first-order chi connectivity index (χ1) is 13.2. The van der Waals surface area contributed by atoms with Crippen molar-refractivity contribution in [3.63, 3.8) is 0 Å². The molecule has 6 nitrogen and oxygen atoms in total. The molecule has 27 heavy (non-hydrogen) atoms. The quantitative estimate of drug-likeness (QED) is 0.669. The first-order valence-corrected chi connectivity index (χ1v) is 9.18. The van der Waals surface area contributed by atoms with Crippen LogP contribution in [0.15, 0.2) is 53.1 Å². The largest absolute Gasteiger partial charge is 0.482 e. The van der Waals surface area contributed by atoms with Crippen LogP contribution in [0.25, 0.3) is 11.4 Å². The number of aromatic nitrogens is 2. The Balaban J connectivity index is 1.54. The second kappa shape index (κ2) is 7.61. The van der Waals surface area contributed by atoms with Crippen molar-refractivity contribution in [2.75, 3.05) is 18.1 Å². The normalized spacial score (nSPS) is 13.4. The highest BCUT2D eigenvalue weighted by Gasteiger charge is 2.25. The number of nitrogens with zero attached hydrogens (tertiary/aromatic N) is 3. The lowest BCUT2D eigenvalue weighted by atomic mass is 10.1. The van der Waals surface area contributed by atoms with Gasteiger partial charge in [-0.2, -0.15) is 4.98 Å². The zero-order valence-electron chi connectivity index (χ0n) is 15.2. The van der Waals surface area contributed by atoms with Gasteiger partial charge in [-0.15, -0.1) is 0 Å². The third-order valence-electron chi connectivity index (χ3n) is 4.55. The molecule has 0 N–H and O–H groups in total. The Labute approximate surface area is 157 Å². The number of carbonyl (C=O) groups is 1. The van der Waals surface area contributed by atoms with Crippen LogP contribution in [0, 0.1) is 0 Å². The van der Waals surface area contributed by atoms with Crippen LogP contribution in [0.3, 0.4) is 0 Å². The molecular formula is C21H21N3O3. The van der Waals surface area contributed by atoms with E-state index in [1.165, 1.54) is 5.56 Å². The lowest BCUT2D eigenvalue weighted by Crippen LogP contribution is -2.39. The van der Waals surface area contributed by atoms with Crippen LogP contribution in [-0.2, 0) is 17.6 Å². The molecule has 138 valence electrons. The third-order valence-corrected chi connectivity index (χ3v) is 4.55. The molecule has 1 aliphatic rings. The van der Waals surface area contributed by atoms with Crippen molar-refractivity contribution in [3.8, 4) is 17.1 Å². The second-order valence-corrected chi connectivity index (χ2v) is 6.51. The number of hydrogen-bond acceptors (Lipinski definition) is 5. The van der Waals surface area contributed by atoms with Crippen LogP contribution in [0.4, 0.5) is 5.69 Å². The molecule has 4 rings (SSSR count). The van der Waals surface area contributed by atoms with Gasteiger partial charge in [0.2, 0.25) is 11.7 Å². The molecule has 0 fully saturated rings. The van der Waals surface area contributed by atoms with E-state index in [1.54, 1.807) is 4.90 Å². The molecule has 0 atom stereocenters. The number of ether oxygens (including phenoxy) is 1. The van der Waals surface area contributed by atoms with Gasteiger partial charge in [0.15, 0.2) is 6.61 Å². The smallest absolute Gasteiger partial charge is 0.265 e. The fourth-order valence-corrected chi connectivity index (χ4v) is 3.18. The average molecular weight is 363 g/mol. The van der Waals surface area contributed by atoms with E-state index in [0.29, 0.717) is 30.4 Å².